The van der Waals surface area contributed by atoms with Gasteiger partial charge in [0, 0.05) is 19.5 Å². The minimum absolute atomic E-state index is 0.0353. The van der Waals surface area contributed by atoms with Gasteiger partial charge in [-0.3, -0.25) is 9.59 Å². The van der Waals surface area contributed by atoms with Gasteiger partial charge >= 0.3 is 0 Å². The van der Waals surface area contributed by atoms with Crippen LogP contribution in [0, 0.1) is 5.92 Å². The molecule has 0 bridgehead atoms. The molecule has 0 aromatic carbocycles. The van der Waals surface area contributed by atoms with Crippen LogP contribution in [0.4, 0.5) is 0 Å². The Morgan fingerprint density at radius 1 is 1.24 bits per heavy atom. The molecule has 0 aliphatic heterocycles. The Hall–Kier alpha value is -1.36. The van der Waals surface area contributed by atoms with E-state index in [1.165, 1.54) is 37.0 Å². The van der Waals surface area contributed by atoms with Gasteiger partial charge in [0.2, 0.25) is 5.91 Å². The van der Waals surface area contributed by atoms with Crippen molar-refractivity contribution < 1.29 is 9.59 Å². The number of aryl methyl sites for hydroxylation is 1. The Balaban J connectivity index is 1.62. The van der Waals surface area contributed by atoms with Crippen molar-refractivity contribution in [1.29, 1.82) is 0 Å². The molecule has 116 valence electrons. The first-order chi connectivity index (χ1) is 10.2. The van der Waals surface area contributed by atoms with Crippen molar-refractivity contribution in [2.24, 2.45) is 5.92 Å². The smallest absolute Gasteiger partial charge is 0.261 e. The van der Waals surface area contributed by atoms with Gasteiger partial charge < -0.3 is 10.6 Å². The second-order valence-corrected chi connectivity index (χ2v) is 6.51. The van der Waals surface area contributed by atoms with Crippen LogP contribution in [0.5, 0.6) is 0 Å². The molecule has 1 aliphatic rings. The second-order valence-electron chi connectivity index (χ2n) is 5.59. The molecule has 1 heterocycles. The number of rotatable bonds is 7. The van der Waals surface area contributed by atoms with Crippen LogP contribution < -0.4 is 10.6 Å². The SMILES string of the molecule is CCc1ccsc1C(=O)NCCNC(=O)CC1CCCC1. The van der Waals surface area contributed by atoms with Crippen molar-refractivity contribution in [3.63, 3.8) is 0 Å². The maximum absolute atomic E-state index is 12.0. The fourth-order valence-corrected chi connectivity index (χ4v) is 3.73. The van der Waals surface area contributed by atoms with Crippen LogP contribution in [0.2, 0.25) is 0 Å². The van der Waals surface area contributed by atoms with Gasteiger partial charge in [-0.15, -0.1) is 11.3 Å². The van der Waals surface area contributed by atoms with Crippen LogP contribution >= 0.6 is 11.3 Å². The van der Waals surface area contributed by atoms with Crippen molar-refractivity contribution in [2.45, 2.75) is 45.4 Å². The zero-order chi connectivity index (χ0) is 15.1. The summed E-state index contributed by atoms with van der Waals surface area (Å²) in [6.45, 7) is 3.03. The van der Waals surface area contributed by atoms with Crippen molar-refractivity contribution in [2.75, 3.05) is 13.1 Å². The molecule has 21 heavy (non-hydrogen) atoms. The van der Waals surface area contributed by atoms with E-state index in [9.17, 15) is 9.59 Å². The Bertz CT molecular complexity index is 478. The monoisotopic (exact) mass is 308 g/mol. The highest BCUT2D eigenvalue weighted by Gasteiger charge is 2.18. The second kappa shape index (κ2) is 8.17. The molecular formula is C16H24N2O2S. The number of nitrogens with one attached hydrogen (secondary N) is 2. The van der Waals surface area contributed by atoms with Crippen LogP contribution in [0.3, 0.4) is 0 Å². The molecule has 0 radical (unpaired) electrons. The summed E-state index contributed by atoms with van der Waals surface area (Å²) in [6.07, 6.45) is 6.39. The minimum Gasteiger partial charge on any atom is -0.354 e. The Kier molecular flexibility index (Phi) is 6.23. The Labute approximate surface area is 130 Å². The van der Waals surface area contributed by atoms with Crippen molar-refractivity contribution in [3.05, 3.63) is 21.9 Å². The summed E-state index contributed by atoms with van der Waals surface area (Å²) in [5.74, 6) is 0.645. The molecule has 0 spiro atoms. The standard InChI is InChI=1S/C16H24N2O2S/c1-2-13-7-10-21-15(13)16(20)18-9-8-17-14(19)11-12-5-3-4-6-12/h7,10,12H,2-6,8-9,11H2,1H3,(H,17,19)(H,18,20). The van der Waals surface area contributed by atoms with Crippen LogP contribution in [0.25, 0.3) is 0 Å². The van der Waals surface area contributed by atoms with E-state index in [1.54, 1.807) is 0 Å². The van der Waals surface area contributed by atoms with Gasteiger partial charge in [-0.1, -0.05) is 19.8 Å². The van der Waals surface area contributed by atoms with Crippen LogP contribution in [-0.4, -0.2) is 24.9 Å². The normalized spacial score (nSPS) is 15.1. The minimum atomic E-state index is -0.0353. The summed E-state index contributed by atoms with van der Waals surface area (Å²) in [4.78, 5) is 24.5. The molecule has 2 rings (SSSR count). The van der Waals surface area contributed by atoms with Crippen LogP contribution in [0.1, 0.15) is 54.3 Å². The molecule has 0 atom stereocenters. The van der Waals surface area contributed by atoms with E-state index in [2.05, 4.69) is 10.6 Å². The number of hydrogen-bond donors (Lipinski definition) is 2. The quantitative estimate of drug-likeness (QED) is 0.761. The first-order valence-electron chi connectivity index (χ1n) is 7.82. The number of carbonyl (C=O) groups excluding carboxylic acids is 2. The Morgan fingerprint density at radius 2 is 1.95 bits per heavy atom. The average molecular weight is 308 g/mol. The first kappa shape index (κ1) is 16.0. The van der Waals surface area contributed by atoms with Gasteiger partial charge in [-0.05, 0) is 42.2 Å². The molecule has 2 N–H and O–H groups in total. The van der Waals surface area contributed by atoms with Gasteiger partial charge in [-0.2, -0.15) is 0 Å². The molecule has 1 aliphatic carbocycles. The van der Waals surface area contributed by atoms with Gasteiger partial charge in [0.25, 0.3) is 5.91 Å². The molecule has 4 nitrogen and oxygen atoms in total. The third-order valence-corrected chi connectivity index (χ3v) is 4.97. The number of amides is 2. The predicted molar refractivity (Wildman–Crippen MR) is 85.6 cm³/mol. The van der Waals surface area contributed by atoms with Gasteiger partial charge in [0.15, 0.2) is 0 Å². The maximum Gasteiger partial charge on any atom is 0.261 e. The largest absolute Gasteiger partial charge is 0.354 e. The maximum atomic E-state index is 12.0. The lowest BCUT2D eigenvalue weighted by Gasteiger charge is -2.10. The van der Waals surface area contributed by atoms with E-state index < -0.39 is 0 Å². The third-order valence-electron chi connectivity index (χ3n) is 4.02. The predicted octanol–water partition coefficient (Wildman–Crippen LogP) is 2.74. The van der Waals surface area contributed by atoms with E-state index in [0.717, 1.165) is 16.9 Å². The van der Waals surface area contributed by atoms with E-state index in [1.807, 2.05) is 18.4 Å². The fraction of sp³-hybridized carbons (Fsp3) is 0.625. The van der Waals surface area contributed by atoms with Gasteiger partial charge in [-0.25, -0.2) is 0 Å². The van der Waals surface area contributed by atoms with Crippen LogP contribution in [-0.2, 0) is 11.2 Å². The summed E-state index contributed by atoms with van der Waals surface area (Å²) in [6, 6.07) is 1.99. The lowest BCUT2D eigenvalue weighted by atomic mass is 10.0. The van der Waals surface area contributed by atoms with Crippen LogP contribution in [0.15, 0.2) is 11.4 Å². The molecule has 1 saturated carbocycles. The molecule has 2 amide bonds. The first-order valence-corrected chi connectivity index (χ1v) is 8.70. The Morgan fingerprint density at radius 3 is 2.67 bits per heavy atom. The summed E-state index contributed by atoms with van der Waals surface area (Å²) in [7, 11) is 0. The third kappa shape index (κ3) is 4.84. The van der Waals surface area contributed by atoms with Crippen molar-refractivity contribution >= 4 is 23.2 Å². The fourth-order valence-electron chi connectivity index (χ4n) is 2.82. The summed E-state index contributed by atoms with van der Waals surface area (Å²) >= 11 is 1.47. The molecule has 0 unspecified atom stereocenters. The highest BCUT2D eigenvalue weighted by molar-refractivity contribution is 7.12. The lowest BCUT2D eigenvalue weighted by Crippen LogP contribution is -2.35. The van der Waals surface area contributed by atoms with E-state index in [-0.39, 0.29) is 11.8 Å². The summed E-state index contributed by atoms with van der Waals surface area (Å²) in [5.41, 5.74) is 1.09. The van der Waals surface area contributed by atoms with Gasteiger partial charge in [0.1, 0.15) is 0 Å². The molecule has 1 fully saturated rings. The van der Waals surface area contributed by atoms with E-state index in [0.29, 0.717) is 25.4 Å². The summed E-state index contributed by atoms with van der Waals surface area (Å²) < 4.78 is 0. The van der Waals surface area contributed by atoms with E-state index in [4.69, 9.17) is 0 Å². The number of carbonyl (C=O) groups is 2. The molecule has 0 saturated heterocycles. The lowest BCUT2D eigenvalue weighted by molar-refractivity contribution is -0.121. The van der Waals surface area contributed by atoms with E-state index >= 15 is 0 Å². The topological polar surface area (TPSA) is 58.2 Å². The molecule has 5 heteroatoms. The molecule has 1 aromatic rings. The molecular weight excluding hydrogens is 284 g/mol. The highest BCUT2D eigenvalue weighted by atomic mass is 32.1. The highest BCUT2D eigenvalue weighted by Crippen LogP contribution is 2.27. The van der Waals surface area contributed by atoms with Crippen molar-refractivity contribution in [1.82, 2.24) is 10.6 Å². The zero-order valence-electron chi connectivity index (χ0n) is 12.6. The zero-order valence-corrected chi connectivity index (χ0v) is 13.4. The average Bonchev–Trinajstić information content (AvgIpc) is 3.13. The van der Waals surface area contributed by atoms with Gasteiger partial charge in [0.05, 0.1) is 4.88 Å². The number of thiophene rings is 1. The number of hydrogen-bond acceptors (Lipinski definition) is 3. The summed E-state index contributed by atoms with van der Waals surface area (Å²) in [5, 5.41) is 7.70. The van der Waals surface area contributed by atoms with Crippen molar-refractivity contribution in [3.8, 4) is 0 Å². The molecule has 1 aromatic heterocycles.